The van der Waals surface area contributed by atoms with Gasteiger partial charge in [-0.15, -0.1) is 0 Å². The number of unbranched alkanes of at least 4 members (excludes halogenated alkanes) is 40. The molecule has 0 spiro atoms. The average molecular weight is 982 g/mol. The molecule has 0 rings (SSSR count). The van der Waals surface area contributed by atoms with Gasteiger partial charge in [0.05, 0.1) is 39.9 Å². The van der Waals surface area contributed by atoms with Gasteiger partial charge >= 0.3 is 0 Å². The van der Waals surface area contributed by atoms with E-state index in [9.17, 15) is 19.4 Å². The Labute approximate surface area is 424 Å². The second kappa shape index (κ2) is 50.9. The van der Waals surface area contributed by atoms with Crippen LogP contribution in [0.4, 0.5) is 0 Å². The van der Waals surface area contributed by atoms with E-state index in [2.05, 4.69) is 31.3 Å². The molecule has 0 fully saturated rings. The van der Waals surface area contributed by atoms with E-state index in [-0.39, 0.29) is 19.1 Å². The van der Waals surface area contributed by atoms with Gasteiger partial charge in [0.2, 0.25) is 5.91 Å². The first-order chi connectivity index (χ1) is 33.0. The Morgan fingerprint density at radius 3 is 1.19 bits per heavy atom. The number of nitrogens with zero attached hydrogens (tertiary/aromatic N) is 1. The minimum absolute atomic E-state index is 0.00365. The van der Waals surface area contributed by atoms with E-state index in [1.165, 1.54) is 238 Å². The maximum Gasteiger partial charge on any atom is 0.268 e. The summed E-state index contributed by atoms with van der Waals surface area (Å²) in [6.45, 7) is 4.68. The Bertz CT molecular complexity index is 1160. The molecule has 9 heteroatoms. The van der Waals surface area contributed by atoms with Crippen molar-refractivity contribution in [2.75, 3.05) is 40.9 Å². The number of quaternary nitrogens is 1. The van der Waals surface area contributed by atoms with E-state index in [1.54, 1.807) is 6.08 Å². The van der Waals surface area contributed by atoms with Crippen molar-refractivity contribution in [1.82, 2.24) is 5.32 Å². The van der Waals surface area contributed by atoms with Gasteiger partial charge < -0.3 is 28.8 Å². The number of amides is 1. The number of rotatable bonds is 55. The molecule has 0 bridgehead atoms. The fourth-order valence-corrected chi connectivity index (χ4v) is 9.72. The number of hydrogen-bond donors (Lipinski definition) is 2. The Morgan fingerprint density at radius 1 is 0.500 bits per heavy atom. The van der Waals surface area contributed by atoms with Crippen LogP contribution in [0.1, 0.15) is 296 Å². The third-order valence-corrected chi connectivity index (χ3v) is 14.6. The first-order valence-electron chi connectivity index (χ1n) is 29.7. The van der Waals surface area contributed by atoms with Crippen LogP contribution in [0.3, 0.4) is 0 Å². The summed E-state index contributed by atoms with van der Waals surface area (Å²) in [5, 5.41) is 13.9. The summed E-state index contributed by atoms with van der Waals surface area (Å²) in [5.41, 5.74) is 0. The molecule has 0 aliphatic heterocycles. The molecule has 0 aliphatic rings. The third-order valence-electron chi connectivity index (χ3n) is 13.7. The number of hydrogen-bond acceptors (Lipinski definition) is 6. The number of allylic oxidation sites excluding steroid dienone is 3. The lowest BCUT2D eigenvalue weighted by atomic mass is 10.0. The van der Waals surface area contributed by atoms with Crippen LogP contribution in [-0.2, 0) is 18.4 Å². The number of phosphoric ester groups is 1. The van der Waals surface area contributed by atoms with E-state index in [0.29, 0.717) is 17.4 Å². The second-order valence-electron chi connectivity index (χ2n) is 21.7. The number of aliphatic hydroxyl groups excluding tert-OH is 1. The number of carbonyl (C=O) groups excluding carboxylic acids is 1. The van der Waals surface area contributed by atoms with Crippen LogP contribution in [0.5, 0.6) is 0 Å². The van der Waals surface area contributed by atoms with E-state index in [0.717, 1.165) is 38.5 Å². The Hall–Kier alpha value is -1.02. The number of nitrogens with one attached hydrogen (secondary N) is 1. The molecule has 3 unspecified atom stereocenters. The minimum Gasteiger partial charge on any atom is -0.756 e. The molecule has 3 atom stereocenters. The molecular formula is C59H117N2O6P. The summed E-state index contributed by atoms with van der Waals surface area (Å²) in [6.07, 6.45) is 64.1. The monoisotopic (exact) mass is 981 g/mol. The highest BCUT2D eigenvalue weighted by molar-refractivity contribution is 7.45. The first kappa shape index (κ1) is 67.0. The summed E-state index contributed by atoms with van der Waals surface area (Å²) in [7, 11) is 1.26. The van der Waals surface area contributed by atoms with Crippen LogP contribution in [-0.4, -0.2) is 68.5 Å². The third kappa shape index (κ3) is 52.8. The van der Waals surface area contributed by atoms with Crippen LogP contribution in [0.15, 0.2) is 24.3 Å². The lowest BCUT2D eigenvalue weighted by Crippen LogP contribution is -2.45. The summed E-state index contributed by atoms with van der Waals surface area (Å²) in [4.78, 5) is 25.5. The molecule has 1 amide bonds. The van der Waals surface area contributed by atoms with Crippen molar-refractivity contribution in [3.63, 3.8) is 0 Å². The molecular weight excluding hydrogens is 864 g/mol. The number of phosphoric acid groups is 1. The van der Waals surface area contributed by atoms with Gasteiger partial charge in [-0.25, -0.2) is 0 Å². The molecule has 8 nitrogen and oxygen atoms in total. The van der Waals surface area contributed by atoms with Gasteiger partial charge in [-0.1, -0.05) is 282 Å². The van der Waals surface area contributed by atoms with Crippen molar-refractivity contribution in [2.45, 2.75) is 309 Å². The highest BCUT2D eigenvalue weighted by Crippen LogP contribution is 2.38. The molecule has 2 N–H and O–H groups in total. The van der Waals surface area contributed by atoms with Gasteiger partial charge in [-0.3, -0.25) is 9.36 Å². The van der Waals surface area contributed by atoms with Gasteiger partial charge in [-0.05, 0) is 32.1 Å². The Balaban J connectivity index is 4.21. The lowest BCUT2D eigenvalue weighted by molar-refractivity contribution is -0.870. The van der Waals surface area contributed by atoms with Crippen LogP contribution >= 0.6 is 7.82 Å². The molecule has 0 aromatic carbocycles. The number of likely N-dealkylation sites (N-methyl/N-ethyl adjacent to an activating group) is 1. The van der Waals surface area contributed by atoms with Gasteiger partial charge in [0.25, 0.3) is 7.82 Å². The van der Waals surface area contributed by atoms with Crippen molar-refractivity contribution in [3.05, 3.63) is 24.3 Å². The summed E-state index contributed by atoms with van der Waals surface area (Å²) < 4.78 is 23.4. The maximum atomic E-state index is 13.0. The fraction of sp³-hybridized carbons (Fsp3) is 0.915. The van der Waals surface area contributed by atoms with E-state index in [1.807, 2.05) is 27.2 Å². The standard InChI is InChI=1S/C59H117N2O6P/c1-6-8-10-12-14-16-18-20-22-24-26-28-30-31-32-34-36-38-40-42-44-46-48-50-52-58(62)57(56-67-68(64,65)66-55-54-61(3,4)5)60-59(63)53-51-49-47-45-43-41-39-37-35-33-29-27-25-23-21-19-17-15-13-11-9-7-2/h42,44,50,52,57-58,62H,6-41,43,45-49,51,53-56H2,1-5H3,(H-,60,63,64,65)/b44-42+,52-50+. The zero-order valence-electron chi connectivity index (χ0n) is 46.1. The predicted octanol–water partition coefficient (Wildman–Crippen LogP) is 17.4. The van der Waals surface area contributed by atoms with Crippen molar-refractivity contribution in [3.8, 4) is 0 Å². The minimum atomic E-state index is -4.60. The van der Waals surface area contributed by atoms with Crippen LogP contribution in [0.2, 0.25) is 0 Å². The molecule has 0 radical (unpaired) electrons. The molecule has 0 saturated carbocycles. The fourth-order valence-electron chi connectivity index (χ4n) is 9.00. The van der Waals surface area contributed by atoms with E-state index < -0.39 is 20.0 Å². The first-order valence-corrected chi connectivity index (χ1v) is 31.2. The van der Waals surface area contributed by atoms with Gasteiger partial charge in [0, 0.05) is 6.42 Å². The predicted molar refractivity (Wildman–Crippen MR) is 293 cm³/mol. The average Bonchev–Trinajstić information content (AvgIpc) is 3.30. The summed E-state index contributed by atoms with van der Waals surface area (Å²) in [5.74, 6) is -0.201. The molecule has 0 heterocycles. The second-order valence-corrected chi connectivity index (χ2v) is 23.1. The zero-order chi connectivity index (χ0) is 49.9. The highest BCUT2D eigenvalue weighted by Gasteiger charge is 2.23. The van der Waals surface area contributed by atoms with Crippen molar-refractivity contribution >= 4 is 13.7 Å². The molecule has 0 aromatic heterocycles. The largest absolute Gasteiger partial charge is 0.756 e. The SMILES string of the molecule is CCCCCCCCCCCCCCCCCCCC/C=C/CC/C=C/C(O)C(COP(=O)([O-])OCC[N+](C)(C)C)NC(=O)CCCCCCCCCCCCCCCCCCCCCCCC. The van der Waals surface area contributed by atoms with E-state index >= 15 is 0 Å². The van der Waals surface area contributed by atoms with Crippen LogP contribution < -0.4 is 10.2 Å². The van der Waals surface area contributed by atoms with Gasteiger partial charge in [0.15, 0.2) is 0 Å². The van der Waals surface area contributed by atoms with Gasteiger partial charge in [-0.2, -0.15) is 0 Å². The molecule has 0 saturated heterocycles. The van der Waals surface area contributed by atoms with Crippen LogP contribution in [0, 0.1) is 0 Å². The molecule has 0 aliphatic carbocycles. The lowest BCUT2D eigenvalue weighted by Gasteiger charge is -2.29. The van der Waals surface area contributed by atoms with Gasteiger partial charge in [0.1, 0.15) is 13.2 Å². The molecule has 0 aromatic rings. The van der Waals surface area contributed by atoms with Crippen molar-refractivity contribution in [2.24, 2.45) is 0 Å². The molecule has 404 valence electrons. The molecule has 68 heavy (non-hydrogen) atoms. The van der Waals surface area contributed by atoms with Crippen molar-refractivity contribution in [1.29, 1.82) is 0 Å². The normalized spacial score (nSPS) is 14.0. The number of carbonyl (C=O) groups is 1. The van der Waals surface area contributed by atoms with E-state index in [4.69, 9.17) is 9.05 Å². The maximum absolute atomic E-state index is 13.0. The van der Waals surface area contributed by atoms with Crippen LogP contribution in [0.25, 0.3) is 0 Å². The Morgan fingerprint density at radius 2 is 0.824 bits per heavy atom. The topological polar surface area (TPSA) is 108 Å². The quantitative estimate of drug-likeness (QED) is 0.0272. The summed E-state index contributed by atoms with van der Waals surface area (Å²) in [6, 6.07) is -0.900. The highest BCUT2D eigenvalue weighted by atomic mass is 31.2. The summed E-state index contributed by atoms with van der Waals surface area (Å²) >= 11 is 0. The Kier molecular flexibility index (Phi) is 50.1. The smallest absolute Gasteiger partial charge is 0.268 e. The number of aliphatic hydroxyl groups is 1. The zero-order valence-corrected chi connectivity index (χ0v) is 47.0. The van der Waals surface area contributed by atoms with Crippen molar-refractivity contribution < 1.29 is 32.9 Å².